The molecular weight excluding hydrogens is 316 g/mol. The van der Waals surface area contributed by atoms with Crippen molar-refractivity contribution in [2.24, 2.45) is 0 Å². The Morgan fingerprint density at radius 3 is 2.60 bits per heavy atom. The fraction of sp³-hybridized carbons (Fsp3) is 0.0952. The van der Waals surface area contributed by atoms with Gasteiger partial charge in [0.15, 0.2) is 11.5 Å². The molecule has 0 bridgehead atoms. The molecule has 0 aliphatic rings. The maximum atomic E-state index is 11.8. The Morgan fingerprint density at radius 2 is 1.76 bits per heavy atom. The molecule has 0 atom stereocenters. The highest BCUT2D eigenvalue weighted by atomic mass is 16.5. The van der Waals surface area contributed by atoms with Crippen LogP contribution in [0.2, 0.25) is 0 Å². The average molecular weight is 334 g/mol. The number of fused-ring (bicyclic) bond motifs is 1. The lowest BCUT2D eigenvalue weighted by atomic mass is 10.0. The average Bonchev–Trinajstić information content (AvgIpc) is 2.63. The number of hydrogen-bond acceptors (Lipinski definition) is 4. The number of hydrogen-bond donors (Lipinski definition) is 2. The fourth-order valence-corrected chi connectivity index (χ4v) is 2.63. The molecule has 3 aromatic carbocycles. The van der Waals surface area contributed by atoms with Gasteiger partial charge in [-0.05, 0) is 40.1 Å². The zero-order chi connectivity index (χ0) is 17.6. The number of esters is 1. The second-order valence-electron chi connectivity index (χ2n) is 5.64. The molecule has 0 aliphatic heterocycles. The summed E-state index contributed by atoms with van der Waals surface area (Å²) in [4.78, 5) is 11.8. The van der Waals surface area contributed by atoms with E-state index in [0.717, 1.165) is 10.9 Å². The van der Waals surface area contributed by atoms with Gasteiger partial charge in [0.25, 0.3) is 0 Å². The highest BCUT2D eigenvalue weighted by molar-refractivity contribution is 5.87. The van der Waals surface area contributed by atoms with E-state index in [0.29, 0.717) is 12.0 Å². The molecule has 4 heteroatoms. The van der Waals surface area contributed by atoms with Gasteiger partial charge in [-0.15, -0.1) is 0 Å². The Morgan fingerprint density at radius 1 is 0.960 bits per heavy atom. The Kier molecular flexibility index (Phi) is 5.00. The normalized spacial score (nSPS) is 11.0. The number of phenolic OH excluding ortho intramolecular Hbond substituents is 2. The fourth-order valence-electron chi connectivity index (χ4n) is 2.63. The van der Waals surface area contributed by atoms with E-state index in [2.05, 4.69) is 18.2 Å². The lowest BCUT2D eigenvalue weighted by Crippen LogP contribution is -2.05. The van der Waals surface area contributed by atoms with Crippen molar-refractivity contribution < 1.29 is 19.7 Å². The molecule has 0 saturated carbocycles. The summed E-state index contributed by atoms with van der Waals surface area (Å²) >= 11 is 0. The summed E-state index contributed by atoms with van der Waals surface area (Å²) in [5.74, 6) is -0.880. The lowest BCUT2D eigenvalue weighted by Gasteiger charge is -2.06. The van der Waals surface area contributed by atoms with Crippen LogP contribution >= 0.6 is 0 Å². The molecule has 25 heavy (non-hydrogen) atoms. The Balaban J connectivity index is 1.57. The van der Waals surface area contributed by atoms with Crippen molar-refractivity contribution in [1.29, 1.82) is 0 Å². The molecule has 3 rings (SSSR count). The van der Waals surface area contributed by atoms with Gasteiger partial charge < -0.3 is 14.9 Å². The molecule has 0 amide bonds. The molecule has 0 heterocycles. The third-order valence-electron chi connectivity index (χ3n) is 3.91. The number of carbonyl (C=O) groups excluding carboxylic acids is 1. The van der Waals surface area contributed by atoms with Crippen molar-refractivity contribution in [3.05, 3.63) is 77.9 Å². The van der Waals surface area contributed by atoms with Gasteiger partial charge in [-0.3, -0.25) is 0 Å². The van der Waals surface area contributed by atoms with Crippen LogP contribution in [-0.4, -0.2) is 22.8 Å². The van der Waals surface area contributed by atoms with Gasteiger partial charge in [0, 0.05) is 12.5 Å². The first kappa shape index (κ1) is 16.6. The maximum absolute atomic E-state index is 11.8. The second-order valence-corrected chi connectivity index (χ2v) is 5.64. The Labute approximate surface area is 145 Å². The first-order valence-corrected chi connectivity index (χ1v) is 7.97. The molecule has 2 N–H and O–H groups in total. The summed E-state index contributed by atoms with van der Waals surface area (Å²) < 4.78 is 5.23. The number of ether oxygens (including phenoxy) is 1. The van der Waals surface area contributed by atoms with Crippen LogP contribution in [0.25, 0.3) is 16.8 Å². The topological polar surface area (TPSA) is 66.8 Å². The summed E-state index contributed by atoms with van der Waals surface area (Å²) in [6.07, 6.45) is 3.47. The van der Waals surface area contributed by atoms with Gasteiger partial charge >= 0.3 is 5.97 Å². The largest absolute Gasteiger partial charge is 0.504 e. The molecule has 0 radical (unpaired) electrons. The smallest absolute Gasteiger partial charge is 0.330 e. The summed E-state index contributed by atoms with van der Waals surface area (Å²) in [7, 11) is 0. The number of benzene rings is 3. The van der Waals surface area contributed by atoms with Crippen molar-refractivity contribution in [3.8, 4) is 11.5 Å². The van der Waals surface area contributed by atoms with Crippen molar-refractivity contribution >= 4 is 22.8 Å². The van der Waals surface area contributed by atoms with Gasteiger partial charge in [-0.25, -0.2) is 4.79 Å². The van der Waals surface area contributed by atoms with E-state index in [1.54, 1.807) is 6.07 Å². The summed E-state index contributed by atoms with van der Waals surface area (Å²) in [6.45, 7) is 0.290. The number of carbonyl (C=O) groups is 1. The van der Waals surface area contributed by atoms with E-state index in [-0.39, 0.29) is 18.1 Å². The van der Waals surface area contributed by atoms with Crippen LogP contribution in [0.1, 0.15) is 11.1 Å². The van der Waals surface area contributed by atoms with E-state index in [4.69, 9.17) is 4.74 Å². The van der Waals surface area contributed by atoms with Gasteiger partial charge in [-0.1, -0.05) is 48.5 Å². The molecule has 126 valence electrons. The third-order valence-corrected chi connectivity index (χ3v) is 3.91. The van der Waals surface area contributed by atoms with E-state index >= 15 is 0 Å². The molecule has 3 aromatic rings. The molecule has 0 unspecified atom stereocenters. The second kappa shape index (κ2) is 7.53. The number of rotatable bonds is 5. The number of aromatic hydroxyl groups is 2. The van der Waals surface area contributed by atoms with Crippen molar-refractivity contribution in [2.75, 3.05) is 6.61 Å². The first-order valence-electron chi connectivity index (χ1n) is 7.97. The lowest BCUT2D eigenvalue weighted by molar-refractivity contribution is -0.137. The summed E-state index contributed by atoms with van der Waals surface area (Å²) in [5.41, 5.74) is 1.74. The number of phenols is 2. The minimum atomic E-state index is -0.451. The van der Waals surface area contributed by atoms with Crippen LogP contribution in [0, 0.1) is 0 Å². The Bertz CT molecular complexity index is 923. The van der Waals surface area contributed by atoms with Crippen molar-refractivity contribution in [3.63, 3.8) is 0 Å². The van der Waals surface area contributed by atoms with E-state index in [9.17, 15) is 15.0 Å². The monoisotopic (exact) mass is 334 g/mol. The molecule has 0 aromatic heterocycles. The van der Waals surface area contributed by atoms with Crippen LogP contribution in [0.4, 0.5) is 0 Å². The maximum Gasteiger partial charge on any atom is 0.330 e. The van der Waals surface area contributed by atoms with Crippen LogP contribution in [0.3, 0.4) is 0 Å². The van der Waals surface area contributed by atoms with Gasteiger partial charge in [0.05, 0.1) is 6.61 Å². The van der Waals surface area contributed by atoms with Crippen LogP contribution in [-0.2, 0) is 16.0 Å². The molecule has 0 fully saturated rings. The molecular formula is C21H18O4. The van der Waals surface area contributed by atoms with E-state index < -0.39 is 5.97 Å². The highest BCUT2D eigenvalue weighted by Gasteiger charge is 2.03. The van der Waals surface area contributed by atoms with Crippen LogP contribution in [0.5, 0.6) is 11.5 Å². The first-order chi connectivity index (χ1) is 12.1. The van der Waals surface area contributed by atoms with Crippen molar-refractivity contribution in [1.82, 2.24) is 0 Å². The van der Waals surface area contributed by atoms with Crippen LogP contribution in [0.15, 0.2) is 66.7 Å². The predicted molar refractivity (Wildman–Crippen MR) is 97.4 cm³/mol. The summed E-state index contributed by atoms with van der Waals surface area (Å²) in [6, 6.07) is 18.5. The van der Waals surface area contributed by atoms with E-state index in [1.807, 2.05) is 24.3 Å². The van der Waals surface area contributed by atoms with Crippen molar-refractivity contribution in [2.45, 2.75) is 6.42 Å². The van der Waals surface area contributed by atoms with Gasteiger partial charge in [0.2, 0.25) is 0 Å². The zero-order valence-electron chi connectivity index (χ0n) is 13.6. The minimum absolute atomic E-state index is 0.199. The zero-order valence-corrected chi connectivity index (χ0v) is 13.6. The standard InChI is InChI=1S/C21H18O4/c22-19-10-8-15(14-20(19)23)9-11-21(24)25-13-12-17-6-3-5-16-4-1-2-7-18(16)17/h1-11,14,22-23H,12-13H2/b11-9+. The molecule has 4 nitrogen and oxygen atoms in total. The molecule has 0 aliphatic carbocycles. The molecule has 0 saturated heterocycles. The predicted octanol–water partition coefficient (Wildman–Crippen LogP) is 4.05. The summed E-state index contributed by atoms with van der Waals surface area (Å²) in [5, 5.41) is 21.0. The van der Waals surface area contributed by atoms with Crippen LogP contribution < -0.4 is 0 Å². The van der Waals surface area contributed by atoms with Gasteiger partial charge in [-0.2, -0.15) is 0 Å². The Hall–Kier alpha value is -3.27. The molecule has 0 spiro atoms. The third kappa shape index (κ3) is 4.18. The quantitative estimate of drug-likeness (QED) is 0.420. The van der Waals surface area contributed by atoms with E-state index in [1.165, 1.54) is 29.7 Å². The minimum Gasteiger partial charge on any atom is -0.504 e. The highest BCUT2D eigenvalue weighted by Crippen LogP contribution is 2.25. The SMILES string of the molecule is O=C(/C=C/c1ccc(O)c(O)c1)OCCc1cccc2ccccc12. The van der Waals surface area contributed by atoms with Gasteiger partial charge in [0.1, 0.15) is 0 Å².